The van der Waals surface area contributed by atoms with Gasteiger partial charge in [0.1, 0.15) is 23.7 Å². The van der Waals surface area contributed by atoms with Crippen LogP contribution in [-0.2, 0) is 15.7 Å². The number of alkyl halides is 3. The van der Waals surface area contributed by atoms with Crippen LogP contribution in [0, 0.1) is 0 Å². The summed E-state index contributed by atoms with van der Waals surface area (Å²) in [5.41, 5.74) is -0.357. The predicted molar refractivity (Wildman–Crippen MR) is 87.7 cm³/mol. The zero-order chi connectivity index (χ0) is 19.0. The number of halogens is 3. The average Bonchev–Trinajstić information content (AvgIpc) is 2.52. The first-order valence-electron chi connectivity index (χ1n) is 8.02. The molecule has 1 unspecified atom stereocenters. The predicted octanol–water partition coefficient (Wildman–Crippen LogP) is 4.77. The van der Waals surface area contributed by atoms with Crippen LogP contribution in [0.5, 0.6) is 11.5 Å². The third-order valence-corrected chi connectivity index (χ3v) is 3.28. The van der Waals surface area contributed by atoms with Crippen LogP contribution in [0.25, 0.3) is 0 Å². The Morgan fingerprint density at radius 2 is 1.96 bits per heavy atom. The van der Waals surface area contributed by atoms with Gasteiger partial charge in [0.15, 0.2) is 0 Å². The van der Waals surface area contributed by atoms with E-state index in [-0.39, 0.29) is 30.8 Å². The van der Waals surface area contributed by atoms with Gasteiger partial charge in [0.25, 0.3) is 0 Å². The van der Waals surface area contributed by atoms with Crippen LogP contribution in [0.1, 0.15) is 39.7 Å². The van der Waals surface area contributed by atoms with Crippen molar-refractivity contribution < 1.29 is 32.2 Å². The smallest absolute Gasteiger partial charge is 0.420 e. The quantitative estimate of drug-likeness (QED) is 0.495. The molecule has 0 saturated heterocycles. The molecule has 7 heteroatoms. The Bertz CT molecular complexity index is 609. The highest BCUT2D eigenvalue weighted by Gasteiger charge is 2.35. The molecule has 4 nitrogen and oxygen atoms in total. The van der Waals surface area contributed by atoms with E-state index >= 15 is 0 Å². The summed E-state index contributed by atoms with van der Waals surface area (Å²) in [6, 6.07) is 3.55. The van der Waals surface area contributed by atoms with Crippen molar-refractivity contribution in [3.63, 3.8) is 0 Å². The number of esters is 1. The number of carbonyl (C=O) groups excluding carboxylic acids is 1. The van der Waals surface area contributed by atoms with Gasteiger partial charge in [-0.2, -0.15) is 13.2 Å². The highest BCUT2D eigenvalue weighted by atomic mass is 19.4. The number of hydrogen-bond donors (Lipinski definition) is 0. The van der Waals surface area contributed by atoms with Crippen molar-refractivity contribution in [3.05, 3.63) is 35.4 Å². The minimum atomic E-state index is -4.56. The van der Waals surface area contributed by atoms with Gasteiger partial charge in [-0.25, -0.2) is 4.79 Å². The van der Waals surface area contributed by atoms with E-state index in [2.05, 4.69) is 0 Å². The number of rotatable bonds is 8. The summed E-state index contributed by atoms with van der Waals surface area (Å²) < 4.78 is 55.1. The summed E-state index contributed by atoms with van der Waals surface area (Å²) in [5, 5.41) is 0. The van der Waals surface area contributed by atoms with E-state index in [0.29, 0.717) is 12.0 Å². The van der Waals surface area contributed by atoms with Crippen molar-refractivity contribution in [2.75, 3.05) is 13.2 Å². The minimum Gasteiger partial charge on any atom is -0.490 e. The summed E-state index contributed by atoms with van der Waals surface area (Å²) >= 11 is 0. The maximum absolute atomic E-state index is 13.2. The summed E-state index contributed by atoms with van der Waals surface area (Å²) in [6.45, 7) is 7.06. The second-order valence-corrected chi connectivity index (χ2v) is 5.52. The Labute approximate surface area is 145 Å². The molecule has 0 spiro atoms. The second kappa shape index (κ2) is 9.34. The van der Waals surface area contributed by atoms with Gasteiger partial charge in [0, 0.05) is 6.08 Å². The number of ether oxygens (including phenoxy) is 3. The number of hydrogen-bond acceptors (Lipinski definition) is 4. The molecule has 140 valence electrons. The van der Waals surface area contributed by atoms with Gasteiger partial charge in [-0.05, 0) is 51.0 Å². The van der Waals surface area contributed by atoms with Gasteiger partial charge < -0.3 is 14.2 Å². The van der Waals surface area contributed by atoms with Crippen LogP contribution in [0.2, 0.25) is 0 Å². The first-order valence-corrected chi connectivity index (χ1v) is 8.02. The second-order valence-electron chi connectivity index (χ2n) is 5.52. The molecular weight excluding hydrogens is 337 g/mol. The lowest BCUT2D eigenvalue weighted by molar-refractivity contribution is -0.139. The average molecular weight is 360 g/mol. The molecule has 0 fully saturated rings. The van der Waals surface area contributed by atoms with Gasteiger partial charge in [-0.3, -0.25) is 0 Å². The third-order valence-electron chi connectivity index (χ3n) is 3.28. The highest BCUT2D eigenvalue weighted by molar-refractivity contribution is 5.82. The zero-order valence-electron chi connectivity index (χ0n) is 14.8. The standard InChI is InChI=1S/C18H23F3O4/c1-5-13(4)25-16-8-7-14(10-15(16)18(19,20)21)24-11-12(3)9-17(22)23-6-2/h7-10,13H,5-6,11H2,1-4H3. The van der Waals surface area contributed by atoms with Crippen LogP contribution < -0.4 is 9.47 Å². The molecule has 1 aromatic rings. The molecular formula is C18H23F3O4. The normalized spacial score (nSPS) is 13.3. The summed E-state index contributed by atoms with van der Waals surface area (Å²) in [6.07, 6.45) is -3.05. The monoisotopic (exact) mass is 360 g/mol. The largest absolute Gasteiger partial charge is 0.490 e. The summed E-state index contributed by atoms with van der Waals surface area (Å²) in [5.74, 6) is -0.703. The topological polar surface area (TPSA) is 44.8 Å². The molecule has 0 aromatic heterocycles. The molecule has 1 aromatic carbocycles. The Morgan fingerprint density at radius 3 is 2.52 bits per heavy atom. The molecule has 0 N–H and O–H groups in total. The van der Waals surface area contributed by atoms with Crippen LogP contribution in [0.15, 0.2) is 29.8 Å². The lowest BCUT2D eigenvalue weighted by atomic mass is 10.1. The first-order chi connectivity index (χ1) is 11.7. The summed E-state index contributed by atoms with van der Waals surface area (Å²) in [7, 11) is 0. The maximum Gasteiger partial charge on any atom is 0.420 e. The lowest BCUT2D eigenvalue weighted by Gasteiger charge is -2.18. The Hall–Kier alpha value is -2.18. The fourth-order valence-corrected chi connectivity index (χ4v) is 1.85. The van der Waals surface area contributed by atoms with E-state index in [0.717, 1.165) is 6.07 Å². The van der Waals surface area contributed by atoms with Crippen molar-refractivity contribution >= 4 is 5.97 Å². The lowest BCUT2D eigenvalue weighted by Crippen LogP contribution is -2.15. The van der Waals surface area contributed by atoms with Gasteiger partial charge in [-0.1, -0.05) is 6.92 Å². The van der Waals surface area contributed by atoms with Gasteiger partial charge in [0.2, 0.25) is 0 Å². The molecule has 0 heterocycles. The molecule has 0 aliphatic heterocycles. The van der Waals surface area contributed by atoms with Crippen LogP contribution in [-0.4, -0.2) is 25.3 Å². The van der Waals surface area contributed by atoms with Crippen molar-refractivity contribution in [1.29, 1.82) is 0 Å². The molecule has 1 rings (SSSR count). The SMILES string of the molecule is CCOC(=O)C=C(C)COc1ccc(OC(C)CC)c(C(F)(F)F)c1. The zero-order valence-corrected chi connectivity index (χ0v) is 14.8. The van der Waals surface area contributed by atoms with Crippen molar-refractivity contribution in [2.24, 2.45) is 0 Å². The molecule has 0 amide bonds. The van der Waals surface area contributed by atoms with E-state index in [1.807, 2.05) is 6.92 Å². The fraction of sp³-hybridized carbons (Fsp3) is 0.500. The number of benzene rings is 1. The molecule has 0 bridgehead atoms. The third kappa shape index (κ3) is 7.07. The summed E-state index contributed by atoms with van der Waals surface area (Å²) in [4.78, 5) is 11.3. The Balaban J connectivity index is 2.90. The molecule has 25 heavy (non-hydrogen) atoms. The van der Waals surface area contributed by atoms with Crippen LogP contribution in [0.4, 0.5) is 13.2 Å². The molecule has 1 atom stereocenters. The maximum atomic E-state index is 13.2. The van der Waals surface area contributed by atoms with E-state index in [1.54, 1.807) is 20.8 Å². The molecule has 0 aliphatic rings. The molecule has 0 saturated carbocycles. The first kappa shape index (κ1) is 20.9. The molecule has 0 radical (unpaired) electrons. The number of carbonyl (C=O) groups is 1. The minimum absolute atomic E-state index is 0.0261. The van der Waals surface area contributed by atoms with E-state index in [1.165, 1.54) is 18.2 Å². The van der Waals surface area contributed by atoms with Gasteiger partial charge in [0.05, 0.1) is 12.7 Å². The van der Waals surface area contributed by atoms with Crippen molar-refractivity contribution in [3.8, 4) is 11.5 Å². The highest BCUT2D eigenvalue weighted by Crippen LogP contribution is 2.39. The van der Waals surface area contributed by atoms with E-state index < -0.39 is 17.7 Å². The van der Waals surface area contributed by atoms with Gasteiger partial charge >= 0.3 is 12.1 Å². The Morgan fingerprint density at radius 1 is 1.28 bits per heavy atom. The van der Waals surface area contributed by atoms with Crippen LogP contribution >= 0.6 is 0 Å². The van der Waals surface area contributed by atoms with Crippen LogP contribution in [0.3, 0.4) is 0 Å². The van der Waals surface area contributed by atoms with E-state index in [4.69, 9.17) is 14.2 Å². The Kier molecular flexibility index (Phi) is 7.80. The van der Waals surface area contributed by atoms with Gasteiger partial charge in [-0.15, -0.1) is 0 Å². The van der Waals surface area contributed by atoms with Crippen molar-refractivity contribution in [2.45, 2.75) is 46.4 Å². The van der Waals surface area contributed by atoms with Crippen molar-refractivity contribution in [1.82, 2.24) is 0 Å². The van der Waals surface area contributed by atoms with E-state index in [9.17, 15) is 18.0 Å². The fourth-order valence-electron chi connectivity index (χ4n) is 1.85. The molecule has 0 aliphatic carbocycles.